The quantitative estimate of drug-likeness (QED) is 0.542. The van der Waals surface area contributed by atoms with Gasteiger partial charge in [0.2, 0.25) is 0 Å². The van der Waals surface area contributed by atoms with E-state index in [0.29, 0.717) is 18.2 Å². The van der Waals surface area contributed by atoms with E-state index in [9.17, 15) is 4.79 Å². The summed E-state index contributed by atoms with van der Waals surface area (Å²) in [6.45, 7) is 6.54. The van der Waals surface area contributed by atoms with Crippen molar-refractivity contribution in [3.63, 3.8) is 0 Å². The largest absolute Gasteiger partial charge is 0.461 e. The van der Waals surface area contributed by atoms with Crippen LogP contribution in [0.2, 0.25) is 0 Å². The maximum absolute atomic E-state index is 11.8. The van der Waals surface area contributed by atoms with Gasteiger partial charge in [0, 0.05) is 6.20 Å². The van der Waals surface area contributed by atoms with Crippen LogP contribution in [0.4, 0.5) is 0 Å². The molecule has 0 aliphatic heterocycles. The van der Waals surface area contributed by atoms with E-state index in [1.807, 2.05) is 19.1 Å². The minimum absolute atomic E-state index is 0.310. The Morgan fingerprint density at radius 3 is 2.83 bits per heavy atom. The van der Waals surface area contributed by atoms with Crippen LogP contribution in [0.3, 0.4) is 0 Å². The molecule has 18 heavy (non-hydrogen) atoms. The molecule has 3 heteroatoms. The van der Waals surface area contributed by atoms with E-state index in [1.54, 1.807) is 6.20 Å². The van der Waals surface area contributed by atoms with Gasteiger partial charge in [0.15, 0.2) is 5.69 Å². The highest BCUT2D eigenvalue weighted by atomic mass is 16.5. The standard InChI is InChI=1S/C15H23NO2/c1-4-6-7-9-12(3)13-10-8-11-16-14(13)15(17)18-5-2/h8,10-12H,4-7,9H2,1-3H3. The fourth-order valence-corrected chi connectivity index (χ4v) is 2.04. The second-order valence-corrected chi connectivity index (χ2v) is 4.56. The van der Waals surface area contributed by atoms with Crippen molar-refractivity contribution in [3.8, 4) is 0 Å². The summed E-state index contributed by atoms with van der Waals surface area (Å²) in [7, 11) is 0. The second-order valence-electron chi connectivity index (χ2n) is 4.56. The summed E-state index contributed by atoms with van der Waals surface area (Å²) in [6, 6.07) is 3.87. The number of hydrogen-bond donors (Lipinski definition) is 0. The molecule has 0 radical (unpaired) electrons. The van der Waals surface area contributed by atoms with E-state index >= 15 is 0 Å². The Balaban J connectivity index is 2.77. The SMILES string of the molecule is CCCCCC(C)c1cccnc1C(=O)OCC. The van der Waals surface area contributed by atoms with Gasteiger partial charge in [-0.1, -0.05) is 39.2 Å². The van der Waals surface area contributed by atoms with Crippen LogP contribution >= 0.6 is 0 Å². The number of carbonyl (C=O) groups excluding carboxylic acids is 1. The smallest absolute Gasteiger partial charge is 0.357 e. The molecule has 1 aromatic rings. The average molecular weight is 249 g/mol. The van der Waals surface area contributed by atoms with Crippen molar-refractivity contribution in [1.29, 1.82) is 0 Å². The molecule has 0 aliphatic rings. The van der Waals surface area contributed by atoms with E-state index in [4.69, 9.17) is 4.74 Å². The molecule has 0 spiro atoms. The molecule has 1 aromatic heterocycles. The molecule has 0 aliphatic carbocycles. The molecule has 0 amide bonds. The third-order valence-electron chi connectivity index (χ3n) is 3.08. The summed E-state index contributed by atoms with van der Waals surface area (Å²) < 4.78 is 5.04. The van der Waals surface area contributed by atoms with Gasteiger partial charge in [-0.25, -0.2) is 9.78 Å². The maximum Gasteiger partial charge on any atom is 0.357 e. The van der Waals surface area contributed by atoms with Gasteiger partial charge in [0.25, 0.3) is 0 Å². The second kappa shape index (κ2) is 7.85. The van der Waals surface area contributed by atoms with Gasteiger partial charge in [0.05, 0.1) is 6.61 Å². The Hall–Kier alpha value is -1.38. The molecule has 100 valence electrons. The van der Waals surface area contributed by atoms with Gasteiger partial charge in [-0.3, -0.25) is 0 Å². The van der Waals surface area contributed by atoms with Crippen LogP contribution < -0.4 is 0 Å². The summed E-state index contributed by atoms with van der Waals surface area (Å²) in [5.74, 6) is 0.0418. The third-order valence-corrected chi connectivity index (χ3v) is 3.08. The topological polar surface area (TPSA) is 39.2 Å². The summed E-state index contributed by atoms with van der Waals surface area (Å²) in [4.78, 5) is 16.0. The van der Waals surface area contributed by atoms with Gasteiger partial charge in [-0.2, -0.15) is 0 Å². The number of pyridine rings is 1. The van der Waals surface area contributed by atoms with Crippen LogP contribution in [0.25, 0.3) is 0 Å². The number of aromatic nitrogens is 1. The van der Waals surface area contributed by atoms with Crippen molar-refractivity contribution in [1.82, 2.24) is 4.98 Å². The van der Waals surface area contributed by atoms with E-state index in [1.165, 1.54) is 19.3 Å². The van der Waals surface area contributed by atoms with Crippen LogP contribution in [0.5, 0.6) is 0 Å². The predicted octanol–water partition coefficient (Wildman–Crippen LogP) is 3.94. The van der Waals surface area contributed by atoms with E-state index < -0.39 is 0 Å². The molecular formula is C15H23NO2. The van der Waals surface area contributed by atoms with Gasteiger partial charge < -0.3 is 4.74 Å². The van der Waals surface area contributed by atoms with Crippen molar-refractivity contribution in [2.75, 3.05) is 6.61 Å². The summed E-state index contributed by atoms with van der Waals surface area (Å²) in [6.07, 6.45) is 6.37. The lowest BCUT2D eigenvalue weighted by Crippen LogP contribution is -2.12. The highest BCUT2D eigenvalue weighted by Crippen LogP contribution is 2.24. The molecular weight excluding hydrogens is 226 g/mol. The number of rotatable bonds is 7. The van der Waals surface area contributed by atoms with E-state index in [2.05, 4.69) is 18.8 Å². The molecule has 0 fully saturated rings. The Kier molecular flexibility index (Phi) is 6.40. The number of carbonyl (C=O) groups is 1. The predicted molar refractivity (Wildman–Crippen MR) is 72.8 cm³/mol. The first-order chi connectivity index (χ1) is 8.70. The molecule has 1 heterocycles. The van der Waals surface area contributed by atoms with Crippen LogP contribution in [0.15, 0.2) is 18.3 Å². The lowest BCUT2D eigenvalue weighted by Gasteiger charge is -2.14. The van der Waals surface area contributed by atoms with E-state index in [0.717, 1.165) is 12.0 Å². The first-order valence-electron chi connectivity index (χ1n) is 6.82. The summed E-state index contributed by atoms with van der Waals surface area (Å²) in [5, 5.41) is 0. The Labute approximate surface area is 110 Å². The van der Waals surface area contributed by atoms with Gasteiger partial charge in [-0.15, -0.1) is 0 Å². The Morgan fingerprint density at radius 2 is 2.17 bits per heavy atom. The van der Waals surface area contributed by atoms with Gasteiger partial charge in [0.1, 0.15) is 0 Å². The molecule has 0 bridgehead atoms. The van der Waals surface area contributed by atoms with Gasteiger partial charge >= 0.3 is 5.97 Å². The highest BCUT2D eigenvalue weighted by Gasteiger charge is 2.17. The van der Waals surface area contributed by atoms with E-state index in [-0.39, 0.29) is 5.97 Å². The summed E-state index contributed by atoms with van der Waals surface area (Å²) >= 11 is 0. The lowest BCUT2D eigenvalue weighted by molar-refractivity contribution is 0.0517. The zero-order valence-electron chi connectivity index (χ0n) is 11.6. The zero-order valence-corrected chi connectivity index (χ0v) is 11.6. The number of esters is 1. The minimum Gasteiger partial charge on any atom is -0.461 e. The molecule has 0 saturated carbocycles. The monoisotopic (exact) mass is 249 g/mol. The van der Waals surface area contributed by atoms with Crippen LogP contribution in [0, 0.1) is 0 Å². The molecule has 1 atom stereocenters. The first-order valence-corrected chi connectivity index (χ1v) is 6.82. The zero-order chi connectivity index (χ0) is 13.4. The molecule has 0 N–H and O–H groups in total. The average Bonchev–Trinajstić information content (AvgIpc) is 2.39. The number of hydrogen-bond acceptors (Lipinski definition) is 3. The maximum atomic E-state index is 11.8. The number of ether oxygens (including phenoxy) is 1. The number of nitrogens with zero attached hydrogens (tertiary/aromatic N) is 1. The van der Waals surface area contributed by atoms with Crippen LogP contribution in [-0.2, 0) is 4.74 Å². The van der Waals surface area contributed by atoms with Crippen molar-refractivity contribution in [2.24, 2.45) is 0 Å². The van der Waals surface area contributed by atoms with Gasteiger partial charge in [-0.05, 0) is 30.9 Å². The normalized spacial score (nSPS) is 12.2. The third kappa shape index (κ3) is 4.13. The molecule has 0 saturated heterocycles. The molecule has 1 unspecified atom stereocenters. The minimum atomic E-state index is -0.310. The summed E-state index contributed by atoms with van der Waals surface area (Å²) in [5.41, 5.74) is 1.48. The van der Waals surface area contributed by atoms with Crippen molar-refractivity contribution >= 4 is 5.97 Å². The van der Waals surface area contributed by atoms with Crippen LogP contribution in [0.1, 0.15) is 68.4 Å². The Morgan fingerprint density at radius 1 is 1.39 bits per heavy atom. The highest BCUT2D eigenvalue weighted by molar-refractivity contribution is 5.89. The molecule has 1 rings (SSSR count). The lowest BCUT2D eigenvalue weighted by atomic mass is 9.94. The fraction of sp³-hybridized carbons (Fsp3) is 0.600. The number of unbranched alkanes of at least 4 members (excludes halogenated alkanes) is 2. The molecule has 3 nitrogen and oxygen atoms in total. The molecule has 0 aromatic carbocycles. The fourth-order valence-electron chi connectivity index (χ4n) is 2.04. The van der Waals surface area contributed by atoms with Crippen LogP contribution in [-0.4, -0.2) is 17.6 Å². The van der Waals surface area contributed by atoms with Crippen molar-refractivity contribution < 1.29 is 9.53 Å². The Bertz CT molecular complexity index is 377. The van der Waals surface area contributed by atoms with Crippen molar-refractivity contribution in [2.45, 2.75) is 52.4 Å². The first kappa shape index (κ1) is 14.7. The van der Waals surface area contributed by atoms with Crippen molar-refractivity contribution in [3.05, 3.63) is 29.6 Å².